The molecule has 212 valence electrons. The van der Waals surface area contributed by atoms with Crippen LogP contribution in [0.1, 0.15) is 39.8 Å². The van der Waals surface area contributed by atoms with E-state index in [0.29, 0.717) is 5.56 Å². The van der Waals surface area contributed by atoms with Gasteiger partial charge >= 0.3 is 0 Å². The molecule has 0 fully saturated rings. The average molecular weight is 563 g/mol. The third kappa shape index (κ3) is 5.57. The number of hydrazone groups is 1. The maximum atomic E-state index is 13.0. The zero-order valence-corrected chi connectivity index (χ0v) is 24.7. The molecule has 0 saturated heterocycles. The maximum absolute atomic E-state index is 13.0. The summed E-state index contributed by atoms with van der Waals surface area (Å²) in [6.45, 7) is 6.34. The number of carbonyl (C=O) groups is 1. The fraction of sp³-hybridized carbons (Fsp3) is 0.105. The number of carbonyl (C=O) groups excluding carboxylic acids is 1. The first-order valence-electron chi connectivity index (χ1n) is 14.6. The Morgan fingerprint density at radius 3 is 1.91 bits per heavy atom. The molecule has 1 amide bonds. The van der Waals surface area contributed by atoms with Crippen LogP contribution in [0.25, 0.3) is 33.9 Å². The summed E-state index contributed by atoms with van der Waals surface area (Å²) in [4.78, 5) is 13.0. The number of aromatic nitrogens is 2. The Morgan fingerprint density at radius 2 is 1.30 bits per heavy atom. The van der Waals surface area contributed by atoms with E-state index in [9.17, 15) is 4.79 Å². The number of aryl methyl sites for hydroxylation is 2. The second-order valence-electron chi connectivity index (χ2n) is 10.6. The molecule has 6 rings (SSSR count). The van der Waals surface area contributed by atoms with Crippen molar-refractivity contribution in [2.45, 2.75) is 27.2 Å². The Morgan fingerprint density at radius 1 is 0.721 bits per heavy atom. The molecular formula is C38H34N4O. The van der Waals surface area contributed by atoms with Gasteiger partial charge in [-0.15, -0.1) is 0 Å². The van der Waals surface area contributed by atoms with Crippen molar-refractivity contribution in [1.29, 1.82) is 0 Å². The van der Waals surface area contributed by atoms with Crippen molar-refractivity contribution < 1.29 is 4.79 Å². The summed E-state index contributed by atoms with van der Waals surface area (Å²) >= 11 is 0. The summed E-state index contributed by atoms with van der Waals surface area (Å²) in [6, 6.07) is 43.2. The first-order chi connectivity index (χ1) is 21.0. The lowest BCUT2D eigenvalue weighted by Gasteiger charge is -2.15. The third-order valence-electron chi connectivity index (χ3n) is 7.86. The van der Waals surface area contributed by atoms with E-state index < -0.39 is 0 Å². The highest BCUT2D eigenvalue weighted by Crippen LogP contribution is 2.32. The molecule has 2 heterocycles. The van der Waals surface area contributed by atoms with Gasteiger partial charge in [0.25, 0.3) is 5.91 Å². The van der Waals surface area contributed by atoms with E-state index >= 15 is 0 Å². The van der Waals surface area contributed by atoms with Crippen LogP contribution in [0.15, 0.2) is 132 Å². The van der Waals surface area contributed by atoms with Crippen LogP contribution < -0.4 is 5.43 Å². The lowest BCUT2D eigenvalue weighted by atomic mass is 10.1. The molecule has 1 N–H and O–H groups in total. The first kappa shape index (κ1) is 27.7. The zero-order chi connectivity index (χ0) is 29.8. The molecule has 0 aliphatic carbocycles. The molecule has 5 nitrogen and oxygen atoms in total. The molecule has 0 unspecified atom stereocenters. The SMILES string of the molecule is CCc1ccccc1-n1c(C)cc(/C=N\NC(=O)c2ccc(-n3c(-c4ccccc4)ccc3-c3ccccc3)cc2)c1C. The predicted octanol–water partition coefficient (Wildman–Crippen LogP) is 8.55. The number of hydrogen-bond acceptors (Lipinski definition) is 2. The fourth-order valence-corrected chi connectivity index (χ4v) is 5.69. The Bertz CT molecular complexity index is 1840. The van der Waals surface area contributed by atoms with E-state index in [2.05, 4.69) is 107 Å². The van der Waals surface area contributed by atoms with Crippen LogP contribution in [0.5, 0.6) is 0 Å². The molecule has 0 radical (unpaired) electrons. The highest BCUT2D eigenvalue weighted by molar-refractivity contribution is 5.95. The summed E-state index contributed by atoms with van der Waals surface area (Å²) in [6.07, 6.45) is 2.68. The molecule has 2 aromatic heterocycles. The van der Waals surface area contributed by atoms with Crippen molar-refractivity contribution in [3.8, 4) is 33.9 Å². The molecule has 0 bridgehead atoms. The van der Waals surface area contributed by atoms with Crippen LogP contribution in [0.2, 0.25) is 0 Å². The van der Waals surface area contributed by atoms with Crippen molar-refractivity contribution in [2.24, 2.45) is 5.10 Å². The fourth-order valence-electron chi connectivity index (χ4n) is 5.69. The molecule has 0 aliphatic heterocycles. The van der Waals surface area contributed by atoms with Crippen LogP contribution in [-0.4, -0.2) is 21.3 Å². The van der Waals surface area contributed by atoms with Gasteiger partial charge in [0.1, 0.15) is 0 Å². The number of nitrogens with zero attached hydrogens (tertiary/aromatic N) is 3. The summed E-state index contributed by atoms with van der Waals surface area (Å²) in [5.41, 5.74) is 14.3. The smallest absolute Gasteiger partial charge is 0.271 e. The number of para-hydroxylation sites is 1. The van der Waals surface area contributed by atoms with E-state index in [1.54, 1.807) is 6.21 Å². The summed E-state index contributed by atoms with van der Waals surface area (Å²) in [7, 11) is 0. The molecule has 0 atom stereocenters. The van der Waals surface area contributed by atoms with Gasteiger partial charge in [-0.25, -0.2) is 5.43 Å². The lowest BCUT2D eigenvalue weighted by molar-refractivity contribution is 0.0955. The minimum absolute atomic E-state index is 0.257. The van der Waals surface area contributed by atoms with E-state index in [0.717, 1.165) is 51.6 Å². The Hall–Kier alpha value is -5.42. The van der Waals surface area contributed by atoms with Gasteiger partial charge in [0.2, 0.25) is 0 Å². The minimum Gasteiger partial charge on any atom is -0.318 e. The van der Waals surface area contributed by atoms with Crippen LogP contribution in [-0.2, 0) is 6.42 Å². The molecule has 43 heavy (non-hydrogen) atoms. The Kier molecular flexibility index (Phi) is 7.88. The van der Waals surface area contributed by atoms with E-state index in [1.807, 2.05) is 60.7 Å². The van der Waals surface area contributed by atoms with Gasteiger partial charge in [0.15, 0.2) is 0 Å². The second kappa shape index (κ2) is 12.2. The molecule has 0 spiro atoms. The van der Waals surface area contributed by atoms with Crippen LogP contribution in [0.3, 0.4) is 0 Å². The Labute approximate surface area is 252 Å². The molecule has 4 aromatic carbocycles. The predicted molar refractivity (Wildman–Crippen MR) is 176 cm³/mol. The highest BCUT2D eigenvalue weighted by Gasteiger charge is 2.15. The quantitative estimate of drug-likeness (QED) is 0.147. The normalized spacial score (nSPS) is 11.2. The molecule has 0 saturated carbocycles. The number of amides is 1. The Balaban J connectivity index is 1.24. The topological polar surface area (TPSA) is 51.3 Å². The molecular weight excluding hydrogens is 528 g/mol. The summed E-state index contributed by atoms with van der Waals surface area (Å²) in [5.74, 6) is -0.257. The van der Waals surface area contributed by atoms with Crippen molar-refractivity contribution in [3.63, 3.8) is 0 Å². The van der Waals surface area contributed by atoms with Gasteiger partial charge in [0.05, 0.1) is 17.6 Å². The molecule has 0 aliphatic rings. The monoisotopic (exact) mass is 562 g/mol. The van der Waals surface area contributed by atoms with Crippen molar-refractivity contribution in [2.75, 3.05) is 0 Å². The standard InChI is InChI=1S/C38H34N4O/c1-4-29-13-11-12-18-35(29)41-27(2)25-33(28(41)3)26-39-40-38(43)32-19-21-34(22-20-32)42-36(30-14-7-5-8-15-30)23-24-37(42)31-16-9-6-10-17-31/h5-26H,4H2,1-3H3,(H,40,43)/b39-26-. The van der Waals surface area contributed by atoms with Crippen molar-refractivity contribution >= 4 is 12.1 Å². The maximum Gasteiger partial charge on any atom is 0.271 e. The van der Waals surface area contributed by atoms with E-state index in [1.165, 1.54) is 11.3 Å². The third-order valence-corrected chi connectivity index (χ3v) is 7.86. The van der Waals surface area contributed by atoms with Gasteiger partial charge in [-0.05, 0) is 85.5 Å². The van der Waals surface area contributed by atoms with Crippen molar-refractivity contribution in [3.05, 3.63) is 155 Å². The summed E-state index contributed by atoms with van der Waals surface area (Å²) < 4.78 is 4.48. The molecule has 6 aromatic rings. The summed E-state index contributed by atoms with van der Waals surface area (Å²) in [5, 5.41) is 4.31. The van der Waals surface area contributed by atoms with Gasteiger partial charge in [0, 0.05) is 33.9 Å². The number of benzene rings is 4. The lowest BCUT2D eigenvalue weighted by Crippen LogP contribution is -2.17. The first-order valence-corrected chi connectivity index (χ1v) is 14.6. The molecule has 5 heteroatoms. The largest absolute Gasteiger partial charge is 0.318 e. The number of nitrogens with one attached hydrogen (secondary N) is 1. The van der Waals surface area contributed by atoms with Crippen LogP contribution in [0, 0.1) is 13.8 Å². The zero-order valence-electron chi connectivity index (χ0n) is 24.7. The van der Waals surface area contributed by atoms with Gasteiger partial charge in [-0.1, -0.05) is 85.8 Å². The highest BCUT2D eigenvalue weighted by atomic mass is 16.2. The minimum atomic E-state index is -0.257. The van der Waals surface area contributed by atoms with Crippen LogP contribution in [0.4, 0.5) is 0 Å². The number of rotatable bonds is 8. The van der Waals surface area contributed by atoms with E-state index in [-0.39, 0.29) is 5.91 Å². The van der Waals surface area contributed by atoms with E-state index in [4.69, 9.17) is 0 Å². The van der Waals surface area contributed by atoms with Crippen molar-refractivity contribution in [1.82, 2.24) is 14.6 Å². The number of hydrogen-bond donors (Lipinski definition) is 1. The van der Waals surface area contributed by atoms with Gasteiger partial charge in [-0.3, -0.25) is 4.79 Å². The average Bonchev–Trinajstić information content (AvgIpc) is 3.62. The van der Waals surface area contributed by atoms with Gasteiger partial charge in [-0.2, -0.15) is 5.10 Å². The van der Waals surface area contributed by atoms with Crippen LogP contribution >= 0.6 is 0 Å². The second-order valence-corrected chi connectivity index (χ2v) is 10.6. The van der Waals surface area contributed by atoms with Gasteiger partial charge < -0.3 is 9.13 Å².